The standard InChI is InChI=1S/C26H43N3/c1-4-26(5-2)14-11-21-19(18-26)6-8-23-22(21)10-13-25(3)20(7-9-24(23)25)12-16-29-17-15-27-28-29/h15,17,19-24H,4-14,16,18H2,1-3H3. The van der Waals surface area contributed by atoms with Gasteiger partial charge in [0.05, 0.1) is 6.20 Å². The third-order valence-corrected chi connectivity index (χ3v) is 11.1. The van der Waals surface area contributed by atoms with E-state index in [1.807, 2.05) is 17.1 Å². The lowest BCUT2D eigenvalue weighted by Crippen LogP contribution is -2.49. The fourth-order valence-corrected chi connectivity index (χ4v) is 9.18. The average molecular weight is 398 g/mol. The quantitative estimate of drug-likeness (QED) is 0.550. The van der Waals surface area contributed by atoms with Crippen LogP contribution in [0.15, 0.2) is 12.4 Å². The highest BCUT2D eigenvalue weighted by Gasteiger charge is 2.57. The van der Waals surface area contributed by atoms with E-state index in [4.69, 9.17) is 0 Å². The topological polar surface area (TPSA) is 30.7 Å². The van der Waals surface area contributed by atoms with Gasteiger partial charge in [-0.2, -0.15) is 0 Å². The van der Waals surface area contributed by atoms with E-state index in [0.29, 0.717) is 10.8 Å². The molecule has 0 N–H and O–H groups in total. The predicted molar refractivity (Wildman–Crippen MR) is 118 cm³/mol. The van der Waals surface area contributed by atoms with Gasteiger partial charge < -0.3 is 0 Å². The minimum atomic E-state index is 0.597. The highest BCUT2D eigenvalue weighted by Crippen LogP contribution is 2.66. The molecular weight excluding hydrogens is 354 g/mol. The normalized spacial score (nSPS) is 43.4. The summed E-state index contributed by atoms with van der Waals surface area (Å²) in [6.45, 7) is 8.65. The van der Waals surface area contributed by atoms with Crippen LogP contribution in [0.3, 0.4) is 0 Å². The second kappa shape index (κ2) is 7.68. The molecular formula is C26H43N3. The van der Waals surface area contributed by atoms with Crippen molar-refractivity contribution < 1.29 is 0 Å². The Morgan fingerprint density at radius 1 is 0.931 bits per heavy atom. The Hall–Kier alpha value is -0.860. The molecule has 7 atom stereocenters. The smallest absolute Gasteiger partial charge is 0.0692 e. The molecule has 1 aromatic heterocycles. The van der Waals surface area contributed by atoms with Gasteiger partial charge in [-0.1, -0.05) is 38.8 Å². The van der Waals surface area contributed by atoms with Crippen molar-refractivity contribution in [3.05, 3.63) is 12.4 Å². The van der Waals surface area contributed by atoms with Gasteiger partial charge in [-0.05, 0) is 111 Å². The highest BCUT2D eigenvalue weighted by molar-refractivity contribution is 5.06. The predicted octanol–water partition coefficient (Wildman–Crippen LogP) is 6.74. The summed E-state index contributed by atoms with van der Waals surface area (Å²) in [4.78, 5) is 0. The van der Waals surface area contributed by atoms with Crippen molar-refractivity contribution in [2.24, 2.45) is 46.3 Å². The second-order valence-electron chi connectivity index (χ2n) is 11.7. The van der Waals surface area contributed by atoms with Crippen LogP contribution in [-0.4, -0.2) is 15.0 Å². The van der Waals surface area contributed by atoms with Crippen molar-refractivity contribution in [1.29, 1.82) is 0 Å². The summed E-state index contributed by atoms with van der Waals surface area (Å²) in [6.07, 6.45) is 21.7. The van der Waals surface area contributed by atoms with E-state index in [-0.39, 0.29) is 0 Å². The number of hydrogen-bond donors (Lipinski definition) is 0. The van der Waals surface area contributed by atoms with Crippen molar-refractivity contribution in [3.63, 3.8) is 0 Å². The molecule has 1 aromatic rings. The Bertz CT molecular complexity index is 678. The number of fused-ring (bicyclic) bond motifs is 5. The van der Waals surface area contributed by atoms with Crippen molar-refractivity contribution in [2.75, 3.05) is 0 Å². The first-order valence-corrected chi connectivity index (χ1v) is 12.9. The van der Waals surface area contributed by atoms with Gasteiger partial charge in [0.2, 0.25) is 0 Å². The molecule has 1 heterocycles. The monoisotopic (exact) mass is 397 g/mol. The van der Waals surface area contributed by atoms with Crippen LogP contribution in [0.25, 0.3) is 0 Å². The van der Waals surface area contributed by atoms with Crippen LogP contribution < -0.4 is 0 Å². The number of aromatic nitrogens is 3. The molecule has 0 bridgehead atoms. The van der Waals surface area contributed by atoms with Crippen LogP contribution in [0.4, 0.5) is 0 Å². The van der Waals surface area contributed by atoms with E-state index < -0.39 is 0 Å². The first-order chi connectivity index (χ1) is 14.1. The number of nitrogens with zero attached hydrogens (tertiary/aromatic N) is 3. The number of aryl methyl sites for hydroxylation is 1. The van der Waals surface area contributed by atoms with Crippen molar-refractivity contribution in [2.45, 2.75) is 104 Å². The van der Waals surface area contributed by atoms with E-state index >= 15 is 0 Å². The zero-order chi connectivity index (χ0) is 20.1. The third kappa shape index (κ3) is 3.30. The van der Waals surface area contributed by atoms with E-state index in [1.54, 1.807) is 25.7 Å². The molecule has 3 heteroatoms. The molecule has 0 aliphatic heterocycles. The van der Waals surface area contributed by atoms with E-state index in [0.717, 1.165) is 42.1 Å². The second-order valence-corrected chi connectivity index (χ2v) is 11.7. The largest absolute Gasteiger partial charge is 0.253 e. The molecule has 3 nitrogen and oxygen atoms in total. The Balaban J connectivity index is 1.27. The molecule has 0 radical (unpaired) electrons. The van der Waals surface area contributed by atoms with Gasteiger partial charge in [0.1, 0.15) is 0 Å². The first-order valence-electron chi connectivity index (χ1n) is 12.9. The Labute approximate surface area is 178 Å². The third-order valence-electron chi connectivity index (χ3n) is 11.1. The van der Waals surface area contributed by atoms with E-state index in [9.17, 15) is 0 Å². The maximum absolute atomic E-state index is 4.21. The van der Waals surface area contributed by atoms with Gasteiger partial charge in [0, 0.05) is 12.7 Å². The lowest BCUT2D eigenvalue weighted by Gasteiger charge is -2.58. The average Bonchev–Trinajstić information content (AvgIpc) is 3.38. The van der Waals surface area contributed by atoms with Crippen LogP contribution in [0.2, 0.25) is 0 Å². The fraction of sp³-hybridized carbons (Fsp3) is 0.923. The summed E-state index contributed by atoms with van der Waals surface area (Å²) in [5.41, 5.74) is 1.29. The van der Waals surface area contributed by atoms with Gasteiger partial charge in [0.15, 0.2) is 0 Å². The Morgan fingerprint density at radius 2 is 1.76 bits per heavy atom. The van der Waals surface area contributed by atoms with Crippen molar-refractivity contribution >= 4 is 0 Å². The maximum Gasteiger partial charge on any atom is 0.0692 e. The van der Waals surface area contributed by atoms with Gasteiger partial charge in [0.25, 0.3) is 0 Å². The van der Waals surface area contributed by atoms with Gasteiger partial charge in [-0.3, -0.25) is 4.68 Å². The summed E-state index contributed by atoms with van der Waals surface area (Å²) in [7, 11) is 0. The van der Waals surface area contributed by atoms with E-state index in [2.05, 4.69) is 31.1 Å². The number of hydrogen-bond acceptors (Lipinski definition) is 2. The highest BCUT2D eigenvalue weighted by atomic mass is 15.4. The molecule has 4 aliphatic rings. The molecule has 4 aliphatic carbocycles. The van der Waals surface area contributed by atoms with Gasteiger partial charge in [-0.25, -0.2) is 0 Å². The van der Waals surface area contributed by atoms with Crippen LogP contribution in [-0.2, 0) is 6.54 Å². The minimum absolute atomic E-state index is 0.597. The summed E-state index contributed by atoms with van der Waals surface area (Å²) in [5, 5.41) is 8.20. The zero-order valence-corrected chi connectivity index (χ0v) is 19.2. The van der Waals surface area contributed by atoms with Crippen LogP contribution in [0.1, 0.15) is 97.8 Å². The molecule has 0 saturated heterocycles. The molecule has 4 fully saturated rings. The first kappa shape index (κ1) is 20.1. The SMILES string of the molecule is CCC1(CC)CCC2C(CCC3C2CCC2(C)C(CCn4ccnn4)CCC32)C1. The number of rotatable bonds is 5. The molecule has 0 amide bonds. The summed E-state index contributed by atoms with van der Waals surface area (Å²) < 4.78 is 2.04. The van der Waals surface area contributed by atoms with Crippen molar-refractivity contribution in [3.8, 4) is 0 Å². The summed E-state index contributed by atoms with van der Waals surface area (Å²) in [6, 6.07) is 0. The lowest BCUT2D eigenvalue weighted by molar-refractivity contribution is -0.0820. The minimum Gasteiger partial charge on any atom is -0.253 e. The molecule has 162 valence electrons. The van der Waals surface area contributed by atoms with Crippen LogP contribution in [0, 0.1) is 46.3 Å². The van der Waals surface area contributed by atoms with E-state index in [1.165, 1.54) is 51.4 Å². The zero-order valence-electron chi connectivity index (χ0n) is 19.2. The molecule has 5 rings (SSSR count). The van der Waals surface area contributed by atoms with Gasteiger partial charge in [-0.15, -0.1) is 5.10 Å². The Morgan fingerprint density at radius 3 is 2.52 bits per heavy atom. The molecule has 29 heavy (non-hydrogen) atoms. The maximum atomic E-state index is 4.21. The van der Waals surface area contributed by atoms with Crippen LogP contribution >= 0.6 is 0 Å². The van der Waals surface area contributed by atoms with Gasteiger partial charge >= 0.3 is 0 Å². The fourth-order valence-electron chi connectivity index (χ4n) is 9.18. The molecule has 7 unspecified atom stereocenters. The Kier molecular flexibility index (Phi) is 5.31. The lowest BCUT2D eigenvalue weighted by atomic mass is 9.47. The summed E-state index contributed by atoms with van der Waals surface area (Å²) >= 11 is 0. The van der Waals surface area contributed by atoms with Crippen molar-refractivity contribution in [1.82, 2.24) is 15.0 Å². The molecule has 0 aromatic carbocycles. The van der Waals surface area contributed by atoms with Crippen LogP contribution in [0.5, 0.6) is 0 Å². The molecule has 4 saturated carbocycles. The summed E-state index contributed by atoms with van der Waals surface area (Å²) in [5.74, 6) is 6.13. The molecule has 0 spiro atoms.